The maximum Gasteiger partial charge on any atom is 0.224 e. The van der Waals surface area contributed by atoms with Crippen LogP contribution < -0.4 is 5.32 Å². The summed E-state index contributed by atoms with van der Waals surface area (Å²) in [7, 11) is 0. The number of hydrogen-bond acceptors (Lipinski definition) is 3. The third kappa shape index (κ3) is 5.22. The first kappa shape index (κ1) is 17.3. The van der Waals surface area contributed by atoms with Crippen molar-refractivity contribution < 1.29 is 9.18 Å². The van der Waals surface area contributed by atoms with Crippen LogP contribution in [-0.4, -0.2) is 10.9 Å². The van der Waals surface area contributed by atoms with Gasteiger partial charge in [0.2, 0.25) is 5.91 Å². The summed E-state index contributed by atoms with van der Waals surface area (Å²) < 4.78 is 12.9. The summed E-state index contributed by atoms with van der Waals surface area (Å²) in [4.78, 5) is 17.5. The number of benzene rings is 2. The minimum absolute atomic E-state index is 0.0955. The normalized spacial score (nSPS) is 10.6. The van der Waals surface area contributed by atoms with Gasteiger partial charge in [0.1, 0.15) is 10.8 Å². The summed E-state index contributed by atoms with van der Waals surface area (Å²) in [6.07, 6.45) is 2.95. The van der Waals surface area contributed by atoms with E-state index in [0.29, 0.717) is 6.54 Å². The van der Waals surface area contributed by atoms with Crippen molar-refractivity contribution in [2.45, 2.75) is 26.3 Å². The van der Waals surface area contributed by atoms with Gasteiger partial charge in [-0.2, -0.15) is 0 Å². The average molecular weight is 354 g/mol. The van der Waals surface area contributed by atoms with Crippen LogP contribution in [0.4, 0.5) is 4.39 Å². The van der Waals surface area contributed by atoms with Gasteiger partial charge in [0.15, 0.2) is 0 Å². The van der Waals surface area contributed by atoms with Crippen LogP contribution >= 0.6 is 11.3 Å². The molecule has 0 spiro atoms. The van der Waals surface area contributed by atoms with E-state index in [1.807, 2.05) is 6.20 Å². The Kier molecular flexibility index (Phi) is 5.56. The van der Waals surface area contributed by atoms with Crippen LogP contribution in [0.1, 0.15) is 26.6 Å². The first-order valence-electron chi connectivity index (χ1n) is 8.09. The predicted molar refractivity (Wildman–Crippen MR) is 98.0 cm³/mol. The Balaban J connectivity index is 1.50. The van der Waals surface area contributed by atoms with Crippen molar-refractivity contribution >= 4 is 17.2 Å². The third-order valence-corrected chi connectivity index (χ3v) is 4.81. The molecule has 3 nitrogen and oxygen atoms in total. The van der Waals surface area contributed by atoms with Crippen LogP contribution in [0.25, 0.3) is 0 Å². The number of nitrogens with one attached hydrogen (secondary N) is 1. The Hall–Kier alpha value is -2.53. The molecule has 1 N–H and O–H groups in total. The zero-order valence-electron chi connectivity index (χ0n) is 14.0. The van der Waals surface area contributed by atoms with E-state index in [1.54, 1.807) is 23.5 Å². The van der Waals surface area contributed by atoms with Crippen LogP contribution in [0.5, 0.6) is 0 Å². The van der Waals surface area contributed by atoms with Crippen molar-refractivity contribution in [3.63, 3.8) is 0 Å². The van der Waals surface area contributed by atoms with Gasteiger partial charge in [-0.25, -0.2) is 9.37 Å². The molecule has 2 aromatic carbocycles. The first-order valence-corrected chi connectivity index (χ1v) is 8.90. The minimum atomic E-state index is -0.298. The van der Waals surface area contributed by atoms with Gasteiger partial charge in [-0.15, -0.1) is 11.3 Å². The lowest BCUT2D eigenvalue weighted by Gasteiger charge is -2.03. The fourth-order valence-corrected chi connectivity index (χ4v) is 3.34. The zero-order chi connectivity index (χ0) is 17.6. The van der Waals surface area contributed by atoms with E-state index in [1.165, 1.54) is 28.1 Å². The molecule has 3 rings (SSSR count). The Bertz CT molecular complexity index is 841. The molecule has 0 saturated carbocycles. The smallest absolute Gasteiger partial charge is 0.224 e. The van der Waals surface area contributed by atoms with Crippen molar-refractivity contribution in [2.75, 3.05) is 0 Å². The summed E-state index contributed by atoms with van der Waals surface area (Å²) in [6.45, 7) is 2.49. The fraction of sp³-hybridized carbons (Fsp3) is 0.200. The highest BCUT2D eigenvalue weighted by Gasteiger charge is 2.07. The Morgan fingerprint density at radius 3 is 2.48 bits per heavy atom. The van der Waals surface area contributed by atoms with Crippen LogP contribution in [0.2, 0.25) is 0 Å². The summed E-state index contributed by atoms with van der Waals surface area (Å²) in [5.74, 6) is -0.394. The largest absolute Gasteiger partial charge is 0.349 e. The van der Waals surface area contributed by atoms with Gasteiger partial charge in [0.05, 0.1) is 13.0 Å². The quantitative estimate of drug-likeness (QED) is 0.726. The van der Waals surface area contributed by atoms with Crippen LogP contribution in [-0.2, 0) is 24.2 Å². The molecule has 128 valence electrons. The summed E-state index contributed by atoms with van der Waals surface area (Å²) in [6, 6.07) is 14.4. The number of hydrogen-bond donors (Lipinski definition) is 1. The number of amides is 1. The Morgan fingerprint density at radius 1 is 1.08 bits per heavy atom. The molecule has 0 atom stereocenters. The summed E-state index contributed by atoms with van der Waals surface area (Å²) >= 11 is 1.61. The lowest BCUT2D eigenvalue weighted by Crippen LogP contribution is -2.24. The van der Waals surface area contributed by atoms with E-state index >= 15 is 0 Å². The average Bonchev–Trinajstić information content (AvgIpc) is 3.05. The van der Waals surface area contributed by atoms with Crippen LogP contribution in [0.15, 0.2) is 54.7 Å². The molecule has 0 aliphatic carbocycles. The van der Waals surface area contributed by atoms with E-state index in [-0.39, 0.29) is 18.1 Å². The summed E-state index contributed by atoms with van der Waals surface area (Å²) in [5, 5.41) is 3.75. The molecule has 1 amide bonds. The molecular weight excluding hydrogens is 335 g/mol. The number of rotatable bonds is 6. The maximum absolute atomic E-state index is 12.9. The second-order valence-electron chi connectivity index (χ2n) is 5.96. The van der Waals surface area contributed by atoms with E-state index < -0.39 is 0 Å². The van der Waals surface area contributed by atoms with E-state index in [4.69, 9.17) is 0 Å². The molecule has 1 aromatic heterocycles. The van der Waals surface area contributed by atoms with Gasteiger partial charge in [0, 0.05) is 17.5 Å². The van der Waals surface area contributed by atoms with Gasteiger partial charge in [0.25, 0.3) is 0 Å². The second-order valence-corrected chi connectivity index (χ2v) is 7.16. The van der Waals surface area contributed by atoms with Gasteiger partial charge >= 0.3 is 0 Å². The lowest BCUT2D eigenvalue weighted by atomic mass is 10.1. The van der Waals surface area contributed by atoms with Crippen molar-refractivity contribution in [1.29, 1.82) is 0 Å². The minimum Gasteiger partial charge on any atom is -0.349 e. The predicted octanol–water partition coefficient (Wildman–Crippen LogP) is 4.04. The molecule has 0 aliphatic rings. The van der Waals surface area contributed by atoms with Crippen molar-refractivity contribution in [1.82, 2.24) is 10.3 Å². The number of halogens is 1. The topological polar surface area (TPSA) is 42.0 Å². The van der Waals surface area contributed by atoms with Crippen LogP contribution in [0.3, 0.4) is 0 Å². The van der Waals surface area contributed by atoms with E-state index in [9.17, 15) is 9.18 Å². The number of carbonyl (C=O) groups is 1. The molecule has 1 heterocycles. The molecule has 3 aromatic rings. The third-order valence-electron chi connectivity index (χ3n) is 3.82. The molecule has 25 heavy (non-hydrogen) atoms. The molecule has 0 bridgehead atoms. The van der Waals surface area contributed by atoms with Gasteiger partial charge < -0.3 is 5.32 Å². The van der Waals surface area contributed by atoms with Gasteiger partial charge in [-0.3, -0.25) is 4.79 Å². The molecule has 5 heteroatoms. The highest BCUT2D eigenvalue weighted by Crippen LogP contribution is 2.17. The molecule has 0 aliphatic heterocycles. The van der Waals surface area contributed by atoms with E-state index in [0.717, 1.165) is 17.0 Å². The van der Waals surface area contributed by atoms with Crippen molar-refractivity contribution in [2.24, 2.45) is 0 Å². The summed E-state index contributed by atoms with van der Waals surface area (Å²) in [5.41, 5.74) is 3.29. The van der Waals surface area contributed by atoms with Crippen LogP contribution in [0, 0.1) is 12.7 Å². The number of aromatic nitrogens is 1. The van der Waals surface area contributed by atoms with E-state index in [2.05, 4.69) is 41.5 Å². The highest BCUT2D eigenvalue weighted by atomic mass is 32.1. The molecule has 0 unspecified atom stereocenters. The highest BCUT2D eigenvalue weighted by molar-refractivity contribution is 7.11. The SMILES string of the molecule is Cc1ccc(Cc2cnc(CNC(=O)Cc3ccc(F)cc3)s2)cc1. The van der Waals surface area contributed by atoms with Gasteiger partial charge in [-0.05, 0) is 30.2 Å². The fourth-order valence-electron chi connectivity index (χ4n) is 2.44. The Morgan fingerprint density at radius 2 is 1.76 bits per heavy atom. The maximum atomic E-state index is 12.9. The van der Waals surface area contributed by atoms with Crippen molar-refractivity contribution in [3.05, 3.63) is 87.1 Å². The monoisotopic (exact) mass is 354 g/mol. The lowest BCUT2D eigenvalue weighted by molar-refractivity contribution is -0.120. The standard InChI is InChI=1S/C20H19FN2OS/c1-14-2-4-15(5-3-14)10-18-12-23-20(25-18)13-22-19(24)11-16-6-8-17(21)9-7-16/h2-9,12H,10-11,13H2,1H3,(H,22,24). The molecule has 0 saturated heterocycles. The second kappa shape index (κ2) is 8.03. The molecule has 0 radical (unpaired) electrons. The zero-order valence-corrected chi connectivity index (χ0v) is 14.8. The molecule has 0 fully saturated rings. The number of nitrogens with zero attached hydrogens (tertiary/aromatic N) is 1. The first-order chi connectivity index (χ1) is 12.1. The van der Waals surface area contributed by atoms with Crippen molar-refractivity contribution in [3.8, 4) is 0 Å². The Labute approximate surface area is 150 Å². The number of aryl methyl sites for hydroxylation is 1. The number of thiazole rings is 1. The number of carbonyl (C=O) groups excluding carboxylic acids is 1. The van der Waals surface area contributed by atoms with Gasteiger partial charge in [-0.1, -0.05) is 42.0 Å². The molecular formula is C20H19FN2OS.